The molecule has 182 valence electrons. The molecule has 1 atom stereocenters. The zero-order valence-electron chi connectivity index (χ0n) is 20.8. The van der Waals surface area contributed by atoms with Crippen LogP contribution in [0, 0.1) is 6.92 Å². The van der Waals surface area contributed by atoms with E-state index in [9.17, 15) is 0 Å². The zero-order valence-corrected chi connectivity index (χ0v) is 21.6. The second kappa shape index (κ2) is 10.3. The van der Waals surface area contributed by atoms with E-state index in [1.807, 2.05) is 24.5 Å². The number of pyridine rings is 1. The maximum Gasteiger partial charge on any atom is 0.158 e. The number of morpholine rings is 1. The molecule has 0 radical (unpaired) electrons. The average molecular weight is 489 g/mol. The van der Waals surface area contributed by atoms with E-state index in [1.165, 1.54) is 20.9 Å². The van der Waals surface area contributed by atoms with Crippen molar-refractivity contribution in [3.05, 3.63) is 64.8 Å². The Balaban J connectivity index is 1.42. The fourth-order valence-corrected chi connectivity index (χ4v) is 5.57. The summed E-state index contributed by atoms with van der Waals surface area (Å²) in [7, 11) is 4.21. The van der Waals surface area contributed by atoms with Gasteiger partial charge in [-0.15, -0.1) is 16.4 Å². The lowest BCUT2D eigenvalue weighted by atomic mass is 10.1. The highest BCUT2D eigenvalue weighted by Crippen LogP contribution is 2.36. The van der Waals surface area contributed by atoms with Crippen LogP contribution in [0.5, 0.6) is 0 Å². The highest BCUT2D eigenvalue weighted by atomic mass is 32.1. The molecule has 4 aromatic rings. The number of hydrogen-bond acceptors (Lipinski definition) is 8. The standard InChI is InChI=1S/C27H32N6OS/c1-18(24-9-10-25(35-24)22-8-6-5-7-20(22)17-32(3)4)29-27-23-15-21(33-11-13-34-14-12-33)16-28-26(23)19(2)30-31-27/h5-10,15-16,18H,11-14,17H2,1-4H3,(H,29,31). The first-order valence-corrected chi connectivity index (χ1v) is 12.9. The lowest BCUT2D eigenvalue weighted by Gasteiger charge is -2.28. The van der Waals surface area contributed by atoms with Crippen molar-refractivity contribution in [2.75, 3.05) is 50.6 Å². The van der Waals surface area contributed by atoms with Gasteiger partial charge in [0.2, 0.25) is 0 Å². The van der Waals surface area contributed by atoms with Gasteiger partial charge >= 0.3 is 0 Å². The minimum Gasteiger partial charge on any atom is -0.378 e. The fraction of sp³-hybridized carbons (Fsp3) is 0.370. The number of anilines is 2. The summed E-state index contributed by atoms with van der Waals surface area (Å²) in [5.41, 5.74) is 5.45. The highest BCUT2D eigenvalue weighted by molar-refractivity contribution is 7.15. The number of aromatic nitrogens is 3. The van der Waals surface area contributed by atoms with Crippen molar-refractivity contribution in [2.45, 2.75) is 26.4 Å². The Morgan fingerprint density at radius 3 is 2.71 bits per heavy atom. The number of rotatable bonds is 7. The van der Waals surface area contributed by atoms with Crippen molar-refractivity contribution in [1.82, 2.24) is 20.1 Å². The van der Waals surface area contributed by atoms with Gasteiger partial charge < -0.3 is 19.9 Å². The van der Waals surface area contributed by atoms with E-state index in [0.29, 0.717) is 0 Å². The molecule has 8 heteroatoms. The molecule has 0 aliphatic carbocycles. The van der Waals surface area contributed by atoms with Gasteiger partial charge in [-0.2, -0.15) is 5.10 Å². The quantitative estimate of drug-likeness (QED) is 0.387. The van der Waals surface area contributed by atoms with E-state index in [1.54, 1.807) is 0 Å². The third-order valence-corrected chi connectivity index (χ3v) is 7.62. The molecule has 1 aliphatic heterocycles. The maximum atomic E-state index is 5.52. The minimum atomic E-state index is 0.0852. The molecule has 0 saturated carbocycles. The van der Waals surface area contributed by atoms with Gasteiger partial charge in [0.15, 0.2) is 5.82 Å². The Kier molecular flexibility index (Phi) is 6.95. The molecule has 1 unspecified atom stereocenters. The summed E-state index contributed by atoms with van der Waals surface area (Å²) < 4.78 is 5.52. The Morgan fingerprint density at radius 1 is 1.11 bits per heavy atom. The van der Waals surface area contributed by atoms with Crippen LogP contribution in [0.1, 0.15) is 29.1 Å². The molecule has 4 heterocycles. The number of fused-ring (bicyclic) bond motifs is 1. The van der Waals surface area contributed by atoms with Gasteiger partial charge in [-0.1, -0.05) is 24.3 Å². The summed E-state index contributed by atoms with van der Waals surface area (Å²) in [6.07, 6.45) is 1.94. The number of thiophene rings is 1. The second-order valence-corrected chi connectivity index (χ2v) is 10.4. The normalized spacial score (nSPS) is 15.1. The van der Waals surface area contributed by atoms with Gasteiger partial charge in [0.1, 0.15) is 0 Å². The summed E-state index contributed by atoms with van der Waals surface area (Å²) >= 11 is 1.82. The zero-order chi connectivity index (χ0) is 24.4. The van der Waals surface area contributed by atoms with Gasteiger partial charge in [0.25, 0.3) is 0 Å². The van der Waals surface area contributed by atoms with Crippen LogP contribution < -0.4 is 10.2 Å². The van der Waals surface area contributed by atoms with E-state index in [0.717, 1.165) is 61.0 Å². The molecular weight excluding hydrogens is 456 g/mol. The van der Waals surface area contributed by atoms with Crippen LogP contribution in [0.3, 0.4) is 0 Å². The van der Waals surface area contributed by atoms with Crippen LogP contribution in [-0.2, 0) is 11.3 Å². The molecule has 1 N–H and O–H groups in total. The SMILES string of the molecule is Cc1nnc(NC(C)c2ccc(-c3ccccc3CN(C)C)s2)c2cc(N3CCOCC3)cnc12. The van der Waals surface area contributed by atoms with E-state index in [2.05, 4.69) is 88.8 Å². The summed E-state index contributed by atoms with van der Waals surface area (Å²) in [4.78, 5) is 11.8. The Morgan fingerprint density at radius 2 is 1.91 bits per heavy atom. The summed E-state index contributed by atoms with van der Waals surface area (Å²) in [5, 5.41) is 13.5. The van der Waals surface area contributed by atoms with E-state index < -0.39 is 0 Å². The molecule has 0 spiro atoms. The molecule has 3 aromatic heterocycles. The second-order valence-electron chi connectivity index (χ2n) is 9.29. The lowest BCUT2D eigenvalue weighted by molar-refractivity contribution is 0.122. The third kappa shape index (κ3) is 5.15. The molecule has 5 rings (SSSR count). The molecule has 0 amide bonds. The summed E-state index contributed by atoms with van der Waals surface area (Å²) in [6, 6.07) is 15.4. The first kappa shape index (κ1) is 23.7. The molecule has 1 aromatic carbocycles. The fourth-order valence-electron chi connectivity index (χ4n) is 4.50. The Bertz CT molecular complexity index is 1310. The van der Waals surface area contributed by atoms with Gasteiger partial charge in [0.05, 0.1) is 42.4 Å². The number of nitrogens with one attached hydrogen (secondary N) is 1. The van der Waals surface area contributed by atoms with Crippen molar-refractivity contribution < 1.29 is 4.74 Å². The van der Waals surface area contributed by atoms with Crippen LogP contribution in [0.4, 0.5) is 11.5 Å². The molecule has 7 nitrogen and oxygen atoms in total. The molecule has 1 saturated heterocycles. The van der Waals surface area contributed by atoms with Gasteiger partial charge in [-0.25, -0.2) is 0 Å². The minimum absolute atomic E-state index is 0.0852. The maximum absolute atomic E-state index is 5.52. The van der Waals surface area contributed by atoms with E-state index in [4.69, 9.17) is 9.72 Å². The summed E-state index contributed by atoms with van der Waals surface area (Å²) in [6.45, 7) is 8.28. The van der Waals surface area contributed by atoms with Crippen molar-refractivity contribution in [3.8, 4) is 10.4 Å². The number of nitrogens with zero attached hydrogens (tertiary/aromatic N) is 5. The van der Waals surface area contributed by atoms with Gasteiger partial charge in [-0.3, -0.25) is 4.98 Å². The topological polar surface area (TPSA) is 66.4 Å². The first-order chi connectivity index (χ1) is 17.0. The Hall–Kier alpha value is -3.07. The molecule has 1 aliphatic rings. The number of aryl methyl sites for hydroxylation is 1. The van der Waals surface area contributed by atoms with Crippen LogP contribution >= 0.6 is 11.3 Å². The Labute approximate surface area is 210 Å². The van der Waals surface area contributed by atoms with Crippen LogP contribution in [0.25, 0.3) is 21.3 Å². The lowest BCUT2D eigenvalue weighted by Crippen LogP contribution is -2.36. The smallest absolute Gasteiger partial charge is 0.158 e. The van der Waals surface area contributed by atoms with Gasteiger partial charge in [-0.05, 0) is 57.3 Å². The van der Waals surface area contributed by atoms with Crippen molar-refractivity contribution >= 4 is 33.7 Å². The predicted octanol–water partition coefficient (Wildman–Crippen LogP) is 5.13. The summed E-state index contributed by atoms with van der Waals surface area (Å²) in [5.74, 6) is 0.767. The van der Waals surface area contributed by atoms with Crippen molar-refractivity contribution in [3.63, 3.8) is 0 Å². The molecule has 35 heavy (non-hydrogen) atoms. The first-order valence-electron chi connectivity index (χ1n) is 12.0. The predicted molar refractivity (Wildman–Crippen MR) is 144 cm³/mol. The van der Waals surface area contributed by atoms with Crippen LogP contribution in [-0.4, -0.2) is 60.5 Å². The van der Waals surface area contributed by atoms with E-state index >= 15 is 0 Å². The molecule has 1 fully saturated rings. The number of hydrogen-bond donors (Lipinski definition) is 1. The van der Waals surface area contributed by atoms with E-state index in [-0.39, 0.29) is 6.04 Å². The number of benzene rings is 1. The molecular formula is C27H32N6OS. The van der Waals surface area contributed by atoms with Crippen LogP contribution in [0.15, 0.2) is 48.7 Å². The average Bonchev–Trinajstić information content (AvgIpc) is 3.36. The third-order valence-electron chi connectivity index (χ3n) is 6.32. The van der Waals surface area contributed by atoms with Crippen molar-refractivity contribution in [1.29, 1.82) is 0 Å². The van der Waals surface area contributed by atoms with Crippen molar-refractivity contribution in [2.24, 2.45) is 0 Å². The molecule has 0 bridgehead atoms. The monoisotopic (exact) mass is 488 g/mol. The number of ether oxygens (including phenoxy) is 1. The largest absolute Gasteiger partial charge is 0.378 e. The van der Waals surface area contributed by atoms with Crippen LogP contribution in [0.2, 0.25) is 0 Å². The highest BCUT2D eigenvalue weighted by Gasteiger charge is 2.18. The van der Waals surface area contributed by atoms with Gasteiger partial charge in [0, 0.05) is 34.8 Å².